The molecule has 112 valence electrons. The van der Waals surface area contributed by atoms with Crippen LogP contribution in [0.25, 0.3) is 10.9 Å². The summed E-state index contributed by atoms with van der Waals surface area (Å²) in [4.78, 5) is 23.6. The van der Waals surface area contributed by atoms with Crippen molar-refractivity contribution in [2.24, 2.45) is 0 Å². The molecule has 0 aliphatic carbocycles. The first kappa shape index (κ1) is 14.0. The minimum atomic E-state index is 0.0554. The number of carbonyl (C=O) groups is 1. The number of nitrogens with one attached hydrogen (secondary N) is 1. The number of thiazole rings is 1. The van der Waals surface area contributed by atoms with Crippen LogP contribution in [0, 0.1) is 6.92 Å². The number of H-pyrrole nitrogens is 1. The van der Waals surface area contributed by atoms with Crippen molar-refractivity contribution in [2.75, 3.05) is 6.54 Å². The SMILES string of the molecule is Cc1nc2c(s1)CN(C(=O)c1cc3cccc(Br)c3[nH]1)CC2. The average Bonchev–Trinajstić information content (AvgIpc) is 3.08. The molecule has 3 heterocycles. The molecule has 0 spiro atoms. The summed E-state index contributed by atoms with van der Waals surface area (Å²) in [6, 6.07) is 7.88. The molecule has 2 aromatic heterocycles. The van der Waals surface area contributed by atoms with Crippen LogP contribution >= 0.6 is 27.3 Å². The zero-order chi connectivity index (χ0) is 15.3. The van der Waals surface area contributed by atoms with E-state index < -0.39 is 0 Å². The van der Waals surface area contributed by atoms with Gasteiger partial charge < -0.3 is 9.88 Å². The Kier molecular flexibility index (Phi) is 3.31. The standard InChI is InChI=1S/C16H14BrN3OS/c1-9-18-12-5-6-20(8-14(12)22-9)16(21)13-7-10-3-2-4-11(17)15(10)19-13/h2-4,7,19H,5-6,8H2,1H3. The molecule has 3 aromatic rings. The predicted octanol–water partition coefficient (Wildman–Crippen LogP) is 3.89. The fourth-order valence-electron chi connectivity index (χ4n) is 2.90. The highest BCUT2D eigenvalue weighted by atomic mass is 79.9. The lowest BCUT2D eigenvalue weighted by Crippen LogP contribution is -2.35. The Balaban J connectivity index is 1.65. The maximum absolute atomic E-state index is 12.8. The highest BCUT2D eigenvalue weighted by molar-refractivity contribution is 9.10. The molecule has 0 fully saturated rings. The van der Waals surface area contributed by atoms with Crippen molar-refractivity contribution < 1.29 is 4.79 Å². The van der Waals surface area contributed by atoms with Crippen molar-refractivity contribution in [3.05, 3.63) is 50.0 Å². The lowest BCUT2D eigenvalue weighted by Gasteiger charge is -2.25. The molecule has 1 aromatic carbocycles. The monoisotopic (exact) mass is 375 g/mol. The van der Waals surface area contributed by atoms with Gasteiger partial charge in [0.25, 0.3) is 5.91 Å². The van der Waals surface area contributed by atoms with E-state index in [1.165, 1.54) is 4.88 Å². The van der Waals surface area contributed by atoms with Gasteiger partial charge in [-0.15, -0.1) is 11.3 Å². The molecule has 1 aliphatic rings. The van der Waals surface area contributed by atoms with Gasteiger partial charge in [-0.1, -0.05) is 12.1 Å². The van der Waals surface area contributed by atoms with Crippen LogP contribution in [0.4, 0.5) is 0 Å². The summed E-state index contributed by atoms with van der Waals surface area (Å²) < 4.78 is 0.975. The van der Waals surface area contributed by atoms with Crippen LogP contribution in [0.15, 0.2) is 28.7 Å². The zero-order valence-electron chi connectivity index (χ0n) is 12.0. The molecule has 1 aliphatic heterocycles. The van der Waals surface area contributed by atoms with Gasteiger partial charge in [-0.2, -0.15) is 0 Å². The number of hydrogen-bond donors (Lipinski definition) is 1. The number of aromatic nitrogens is 2. The number of nitrogens with zero attached hydrogens (tertiary/aromatic N) is 2. The Labute approximate surface area is 140 Å². The van der Waals surface area contributed by atoms with Gasteiger partial charge in [-0.3, -0.25) is 4.79 Å². The molecule has 0 bridgehead atoms. The van der Waals surface area contributed by atoms with E-state index in [1.807, 2.05) is 36.1 Å². The van der Waals surface area contributed by atoms with E-state index in [4.69, 9.17) is 0 Å². The number of aryl methyl sites for hydroxylation is 1. The van der Waals surface area contributed by atoms with Crippen LogP contribution in [0.1, 0.15) is 26.1 Å². The molecule has 6 heteroatoms. The van der Waals surface area contributed by atoms with Gasteiger partial charge in [0.05, 0.1) is 22.8 Å². The van der Waals surface area contributed by atoms with Crippen LogP contribution in [0.3, 0.4) is 0 Å². The number of carbonyl (C=O) groups excluding carboxylic acids is 1. The third kappa shape index (κ3) is 2.27. The average molecular weight is 376 g/mol. The lowest BCUT2D eigenvalue weighted by atomic mass is 10.1. The van der Waals surface area contributed by atoms with Crippen molar-refractivity contribution in [3.63, 3.8) is 0 Å². The number of rotatable bonds is 1. The number of aromatic amines is 1. The highest BCUT2D eigenvalue weighted by Crippen LogP contribution is 2.27. The molecule has 22 heavy (non-hydrogen) atoms. The van der Waals surface area contributed by atoms with E-state index in [0.717, 1.165) is 39.0 Å². The maximum atomic E-state index is 12.8. The second kappa shape index (κ2) is 5.21. The second-order valence-electron chi connectivity index (χ2n) is 5.47. The Morgan fingerprint density at radius 1 is 1.45 bits per heavy atom. The van der Waals surface area contributed by atoms with E-state index in [2.05, 4.69) is 25.9 Å². The summed E-state index contributed by atoms with van der Waals surface area (Å²) in [5.41, 5.74) is 2.77. The molecule has 0 saturated carbocycles. The van der Waals surface area contributed by atoms with Crippen LogP contribution < -0.4 is 0 Å². The Hall–Kier alpha value is -1.66. The van der Waals surface area contributed by atoms with Gasteiger partial charge in [-0.25, -0.2) is 4.98 Å². The summed E-state index contributed by atoms with van der Waals surface area (Å²) in [5, 5.41) is 2.12. The van der Waals surface area contributed by atoms with E-state index in [0.29, 0.717) is 12.2 Å². The van der Waals surface area contributed by atoms with Crippen molar-refractivity contribution in [2.45, 2.75) is 19.9 Å². The van der Waals surface area contributed by atoms with E-state index in [-0.39, 0.29) is 5.91 Å². The number of benzene rings is 1. The Morgan fingerprint density at radius 2 is 2.32 bits per heavy atom. The summed E-state index contributed by atoms with van der Waals surface area (Å²) in [6.45, 7) is 3.41. The predicted molar refractivity (Wildman–Crippen MR) is 91.3 cm³/mol. The fourth-order valence-corrected chi connectivity index (χ4v) is 4.38. The minimum Gasteiger partial charge on any atom is -0.350 e. The number of hydrogen-bond acceptors (Lipinski definition) is 3. The van der Waals surface area contributed by atoms with E-state index >= 15 is 0 Å². The van der Waals surface area contributed by atoms with Crippen LogP contribution in [-0.2, 0) is 13.0 Å². The molecular weight excluding hydrogens is 362 g/mol. The smallest absolute Gasteiger partial charge is 0.270 e. The topological polar surface area (TPSA) is 49.0 Å². The first-order chi connectivity index (χ1) is 10.6. The molecule has 4 nitrogen and oxygen atoms in total. The van der Waals surface area contributed by atoms with Gasteiger partial charge in [0.1, 0.15) is 5.69 Å². The lowest BCUT2D eigenvalue weighted by molar-refractivity contribution is 0.0731. The second-order valence-corrected chi connectivity index (χ2v) is 7.61. The summed E-state index contributed by atoms with van der Waals surface area (Å²) in [5.74, 6) is 0.0554. The third-order valence-electron chi connectivity index (χ3n) is 3.96. The maximum Gasteiger partial charge on any atom is 0.270 e. The van der Waals surface area contributed by atoms with Crippen molar-refractivity contribution >= 4 is 44.1 Å². The van der Waals surface area contributed by atoms with Crippen molar-refractivity contribution in [3.8, 4) is 0 Å². The first-order valence-corrected chi connectivity index (χ1v) is 8.74. The number of para-hydroxylation sites is 1. The quantitative estimate of drug-likeness (QED) is 0.701. The summed E-state index contributed by atoms with van der Waals surface area (Å²) in [7, 11) is 0. The summed E-state index contributed by atoms with van der Waals surface area (Å²) >= 11 is 5.21. The zero-order valence-corrected chi connectivity index (χ0v) is 14.4. The first-order valence-electron chi connectivity index (χ1n) is 7.13. The summed E-state index contributed by atoms with van der Waals surface area (Å²) in [6.07, 6.45) is 0.843. The van der Waals surface area contributed by atoms with Crippen molar-refractivity contribution in [1.29, 1.82) is 0 Å². The van der Waals surface area contributed by atoms with Gasteiger partial charge in [0.2, 0.25) is 0 Å². The molecule has 1 N–H and O–H groups in total. The van der Waals surface area contributed by atoms with Gasteiger partial charge in [-0.05, 0) is 35.0 Å². The Bertz CT molecular complexity index is 883. The molecule has 1 amide bonds. The van der Waals surface area contributed by atoms with E-state index in [9.17, 15) is 4.79 Å². The number of halogens is 1. The molecule has 0 unspecified atom stereocenters. The van der Waals surface area contributed by atoms with Crippen LogP contribution in [0.5, 0.6) is 0 Å². The highest BCUT2D eigenvalue weighted by Gasteiger charge is 2.25. The molecule has 0 atom stereocenters. The fraction of sp³-hybridized carbons (Fsp3) is 0.250. The van der Waals surface area contributed by atoms with Crippen LogP contribution in [0.2, 0.25) is 0 Å². The largest absolute Gasteiger partial charge is 0.350 e. The normalized spacial score (nSPS) is 14.4. The minimum absolute atomic E-state index is 0.0554. The van der Waals surface area contributed by atoms with Crippen molar-refractivity contribution in [1.82, 2.24) is 14.9 Å². The third-order valence-corrected chi connectivity index (χ3v) is 5.62. The van der Waals surface area contributed by atoms with Gasteiger partial charge in [0.15, 0.2) is 0 Å². The number of fused-ring (bicyclic) bond motifs is 2. The Morgan fingerprint density at radius 3 is 3.14 bits per heavy atom. The van der Waals surface area contributed by atoms with Crippen LogP contribution in [-0.4, -0.2) is 27.3 Å². The molecule has 4 rings (SSSR count). The van der Waals surface area contributed by atoms with E-state index in [1.54, 1.807) is 11.3 Å². The van der Waals surface area contributed by atoms with Gasteiger partial charge >= 0.3 is 0 Å². The molecule has 0 radical (unpaired) electrons. The number of amides is 1. The molecule has 0 saturated heterocycles. The molecular formula is C16H14BrN3OS. The van der Waals surface area contributed by atoms with Gasteiger partial charge in [0, 0.05) is 27.7 Å².